The van der Waals surface area contributed by atoms with Gasteiger partial charge in [-0.3, -0.25) is 0 Å². The first kappa shape index (κ1) is 10.1. The SMILES string of the molecule is C=Cc1c[nH]ccc1=S.CC. The van der Waals surface area contributed by atoms with Crippen molar-refractivity contribution in [3.63, 3.8) is 0 Å². The third-order valence-electron chi connectivity index (χ3n) is 1.07. The summed E-state index contributed by atoms with van der Waals surface area (Å²) in [5.41, 5.74) is 0.979. The Labute approximate surface area is 72.8 Å². The Morgan fingerprint density at radius 2 is 2.18 bits per heavy atom. The minimum absolute atomic E-state index is 0.837. The molecule has 0 aliphatic carbocycles. The molecule has 0 amide bonds. The lowest BCUT2D eigenvalue weighted by Gasteiger charge is -1.88. The Kier molecular flexibility index (Phi) is 5.39. The van der Waals surface area contributed by atoms with Crippen LogP contribution in [0.3, 0.4) is 0 Å². The van der Waals surface area contributed by atoms with E-state index in [4.69, 9.17) is 12.2 Å². The van der Waals surface area contributed by atoms with Gasteiger partial charge >= 0.3 is 0 Å². The molecule has 1 aromatic heterocycles. The van der Waals surface area contributed by atoms with E-state index in [0.29, 0.717) is 0 Å². The monoisotopic (exact) mass is 167 g/mol. The van der Waals surface area contributed by atoms with Gasteiger partial charge in [0.15, 0.2) is 0 Å². The minimum atomic E-state index is 0.837. The number of aromatic nitrogens is 1. The van der Waals surface area contributed by atoms with Gasteiger partial charge in [-0.15, -0.1) is 0 Å². The molecule has 0 radical (unpaired) electrons. The Morgan fingerprint density at radius 1 is 1.55 bits per heavy atom. The van der Waals surface area contributed by atoms with Gasteiger partial charge in [0.05, 0.1) is 0 Å². The Morgan fingerprint density at radius 3 is 2.55 bits per heavy atom. The minimum Gasteiger partial charge on any atom is -0.367 e. The van der Waals surface area contributed by atoms with Crippen LogP contribution in [0.2, 0.25) is 0 Å². The third-order valence-corrected chi connectivity index (χ3v) is 1.45. The molecular weight excluding hydrogens is 154 g/mol. The van der Waals surface area contributed by atoms with E-state index in [0.717, 1.165) is 10.1 Å². The molecule has 0 spiro atoms. The smallest absolute Gasteiger partial charge is 0.0478 e. The average molecular weight is 167 g/mol. The Hall–Kier alpha value is -0.890. The molecule has 0 saturated carbocycles. The van der Waals surface area contributed by atoms with Gasteiger partial charge in [-0.1, -0.05) is 38.7 Å². The fourth-order valence-electron chi connectivity index (χ4n) is 0.589. The normalized spacial score (nSPS) is 7.82. The topological polar surface area (TPSA) is 15.8 Å². The van der Waals surface area contributed by atoms with Crippen LogP contribution in [0, 0.1) is 4.51 Å². The summed E-state index contributed by atoms with van der Waals surface area (Å²) in [6.07, 6.45) is 5.36. The van der Waals surface area contributed by atoms with Crippen LogP contribution in [0.5, 0.6) is 0 Å². The Bertz CT molecular complexity index is 262. The number of hydrogen-bond donors (Lipinski definition) is 1. The summed E-state index contributed by atoms with van der Waals surface area (Å²) in [7, 11) is 0. The van der Waals surface area contributed by atoms with Crippen LogP contribution in [-0.2, 0) is 0 Å². The van der Waals surface area contributed by atoms with Crippen molar-refractivity contribution in [2.75, 3.05) is 0 Å². The third kappa shape index (κ3) is 3.14. The zero-order chi connectivity index (χ0) is 8.69. The zero-order valence-electron chi connectivity index (χ0n) is 6.92. The van der Waals surface area contributed by atoms with Crippen molar-refractivity contribution in [3.8, 4) is 0 Å². The summed E-state index contributed by atoms with van der Waals surface area (Å²) in [6, 6.07) is 1.84. The van der Waals surface area contributed by atoms with E-state index < -0.39 is 0 Å². The standard InChI is InChI=1S/C7H7NS.C2H6/c1-2-6-5-8-4-3-7(6)9;1-2/h2-5H,1H2,(H,8,9);1-2H3. The average Bonchev–Trinajstić information content (AvgIpc) is 2.09. The molecule has 0 saturated heterocycles. The van der Waals surface area contributed by atoms with E-state index in [1.165, 1.54) is 0 Å². The molecule has 0 aromatic carbocycles. The van der Waals surface area contributed by atoms with Gasteiger partial charge in [0.2, 0.25) is 0 Å². The molecule has 60 valence electrons. The maximum atomic E-state index is 4.96. The van der Waals surface area contributed by atoms with Crippen LogP contribution in [-0.4, -0.2) is 4.98 Å². The number of H-pyrrole nitrogens is 1. The molecule has 0 bridgehead atoms. The summed E-state index contributed by atoms with van der Waals surface area (Å²) < 4.78 is 0.837. The molecule has 0 aliphatic rings. The van der Waals surface area contributed by atoms with Crippen LogP contribution in [0.25, 0.3) is 6.08 Å². The lowest BCUT2D eigenvalue weighted by molar-refractivity contribution is 1.31. The Balaban J connectivity index is 0.000000461. The van der Waals surface area contributed by atoms with E-state index in [-0.39, 0.29) is 0 Å². The number of aromatic amines is 1. The number of rotatable bonds is 1. The number of nitrogens with one attached hydrogen (secondary N) is 1. The van der Waals surface area contributed by atoms with E-state index in [1.54, 1.807) is 12.3 Å². The molecule has 11 heavy (non-hydrogen) atoms. The quantitative estimate of drug-likeness (QED) is 0.634. The van der Waals surface area contributed by atoms with Crippen molar-refractivity contribution in [3.05, 3.63) is 35.1 Å². The predicted molar refractivity (Wildman–Crippen MR) is 53.1 cm³/mol. The van der Waals surface area contributed by atoms with E-state index in [9.17, 15) is 0 Å². The molecule has 0 fully saturated rings. The van der Waals surface area contributed by atoms with Crippen LogP contribution in [0.15, 0.2) is 25.0 Å². The van der Waals surface area contributed by atoms with Gasteiger partial charge < -0.3 is 4.98 Å². The number of pyridine rings is 1. The van der Waals surface area contributed by atoms with Crippen LogP contribution in [0.1, 0.15) is 19.4 Å². The predicted octanol–water partition coefficient (Wildman–Crippen LogP) is 3.41. The van der Waals surface area contributed by atoms with Gasteiger partial charge in [0.1, 0.15) is 0 Å². The lowest BCUT2D eigenvalue weighted by atomic mass is 10.3. The van der Waals surface area contributed by atoms with E-state index in [1.807, 2.05) is 26.1 Å². The van der Waals surface area contributed by atoms with Gasteiger partial charge in [0, 0.05) is 22.5 Å². The van der Waals surface area contributed by atoms with Gasteiger partial charge in [-0.25, -0.2) is 0 Å². The summed E-state index contributed by atoms with van der Waals surface area (Å²) in [5.74, 6) is 0. The highest BCUT2D eigenvalue weighted by Crippen LogP contribution is 1.99. The van der Waals surface area contributed by atoms with Gasteiger partial charge in [-0.2, -0.15) is 0 Å². The molecule has 2 heteroatoms. The first-order valence-electron chi connectivity index (χ1n) is 3.64. The molecule has 1 aromatic rings. The van der Waals surface area contributed by atoms with Crippen LogP contribution < -0.4 is 0 Å². The van der Waals surface area contributed by atoms with Crippen molar-refractivity contribution in [1.29, 1.82) is 0 Å². The van der Waals surface area contributed by atoms with Crippen molar-refractivity contribution >= 4 is 18.3 Å². The molecular formula is C9H13NS. The molecule has 1 rings (SSSR count). The van der Waals surface area contributed by atoms with Crippen molar-refractivity contribution in [2.45, 2.75) is 13.8 Å². The molecule has 1 N–H and O–H groups in total. The second-order valence-electron chi connectivity index (χ2n) is 1.67. The van der Waals surface area contributed by atoms with Crippen molar-refractivity contribution in [1.82, 2.24) is 4.98 Å². The molecule has 1 heterocycles. The molecule has 0 atom stereocenters. The lowest BCUT2D eigenvalue weighted by Crippen LogP contribution is -1.74. The maximum absolute atomic E-state index is 4.96. The molecule has 0 aliphatic heterocycles. The van der Waals surface area contributed by atoms with E-state index in [2.05, 4.69) is 11.6 Å². The maximum Gasteiger partial charge on any atom is 0.0478 e. The van der Waals surface area contributed by atoms with Crippen molar-refractivity contribution < 1.29 is 0 Å². The van der Waals surface area contributed by atoms with Gasteiger partial charge in [0.25, 0.3) is 0 Å². The zero-order valence-corrected chi connectivity index (χ0v) is 7.74. The highest BCUT2D eigenvalue weighted by Gasteiger charge is 1.83. The highest BCUT2D eigenvalue weighted by atomic mass is 32.1. The van der Waals surface area contributed by atoms with E-state index >= 15 is 0 Å². The second kappa shape index (κ2) is 5.86. The summed E-state index contributed by atoms with van der Waals surface area (Å²) in [5, 5.41) is 0. The number of hydrogen-bond acceptors (Lipinski definition) is 1. The summed E-state index contributed by atoms with van der Waals surface area (Å²) in [4.78, 5) is 2.91. The first-order valence-corrected chi connectivity index (χ1v) is 4.05. The fraction of sp³-hybridized carbons (Fsp3) is 0.222. The second-order valence-corrected chi connectivity index (χ2v) is 2.11. The summed E-state index contributed by atoms with van der Waals surface area (Å²) in [6.45, 7) is 7.61. The highest BCUT2D eigenvalue weighted by molar-refractivity contribution is 7.71. The van der Waals surface area contributed by atoms with Crippen LogP contribution >= 0.6 is 12.2 Å². The molecule has 1 nitrogen and oxygen atoms in total. The van der Waals surface area contributed by atoms with Crippen molar-refractivity contribution in [2.24, 2.45) is 0 Å². The largest absolute Gasteiger partial charge is 0.367 e. The molecule has 0 unspecified atom stereocenters. The fourth-order valence-corrected chi connectivity index (χ4v) is 0.799. The first-order chi connectivity index (χ1) is 5.34. The van der Waals surface area contributed by atoms with Crippen LogP contribution in [0.4, 0.5) is 0 Å². The summed E-state index contributed by atoms with van der Waals surface area (Å²) >= 11 is 4.96. The van der Waals surface area contributed by atoms with Gasteiger partial charge in [-0.05, 0) is 6.07 Å².